The average molecular weight is 307 g/mol. The topological polar surface area (TPSA) is 64.0 Å². The van der Waals surface area contributed by atoms with Crippen molar-refractivity contribution in [3.05, 3.63) is 76.3 Å². The first-order chi connectivity index (χ1) is 11.1. The van der Waals surface area contributed by atoms with Crippen molar-refractivity contribution in [3.63, 3.8) is 0 Å². The van der Waals surface area contributed by atoms with Crippen molar-refractivity contribution in [2.24, 2.45) is 0 Å². The number of para-hydroxylation sites is 1. The van der Waals surface area contributed by atoms with Crippen LogP contribution in [0.3, 0.4) is 0 Å². The molecule has 3 rings (SSSR count). The monoisotopic (exact) mass is 307 g/mol. The number of fused-ring (bicyclic) bond motifs is 1. The van der Waals surface area contributed by atoms with Gasteiger partial charge in [-0.15, -0.1) is 0 Å². The first kappa shape index (κ1) is 15.0. The van der Waals surface area contributed by atoms with E-state index in [4.69, 9.17) is 0 Å². The number of nitrogens with one attached hydrogen (secondary N) is 1. The Morgan fingerprint density at radius 3 is 2.48 bits per heavy atom. The summed E-state index contributed by atoms with van der Waals surface area (Å²) in [5.74, 6) is 0.0545. The van der Waals surface area contributed by atoms with Crippen molar-refractivity contribution >= 4 is 16.8 Å². The number of benzene rings is 2. The van der Waals surface area contributed by atoms with Crippen molar-refractivity contribution in [2.45, 2.75) is 19.8 Å². The van der Waals surface area contributed by atoms with Crippen molar-refractivity contribution in [2.75, 3.05) is 5.43 Å². The van der Waals surface area contributed by atoms with E-state index in [2.05, 4.69) is 24.3 Å². The predicted molar refractivity (Wildman–Crippen MR) is 90.2 cm³/mol. The second-order valence-electron chi connectivity index (χ2n) is 5.65. The summed E-state index contributed by atoms with van der Waals surface area (Å²) in [6, 6.07) is 14.4. The molecule has 1 aromatic heterocycles. The smallest absolute Gasteiger partial charge is 0.267 e. The van der Waals surface area contributed by atoms with Crippen LogP contribution >= 0.6 is 0 Å². The number of hydrogen-bond acceptors (Lipinski definition) is 3. The van der Waals surface area contributed by atoms with E-state index in [0.29, 0.717) is 22.4 Å². The third kappa shape index (κ3) is 2.99. The quantitative estimate of drug-likeness (QED) is 0.809. The fourth-order valence-electron chi connectivity index (χ4n) is 2.34. The second kappa shape index (κ2) is 6.04. The molecular formula is C18H17N3O2. The molecule has 0 unspecified atom stereocenters. The number of rotatable bonds is 3. The normalized spacial score (nSPS) is 10.9. The molecule has 2 aromatic carbocycles. The van der Waals surface area contributed by atoms with Gasteiger partial charge in [-0.1, -0.05) is 38.1 Å². The lowest BCUT2D eigenvalue weighted by molar-refractivity contribution is 0.101. The molecule has 0 atom stereocenters. The van der Waals surface area contributed by atoms with Gasteiger partial charge in [-0.3, -0.25) is 15.0 Å². The molecule has 5 heteroatoms. The summed E-state index contributed by atoms with van der Waals surface area (Å²) in [5.41, 5.74) is 4.52. The van der Waals surface area contributed by atoms with Gasteiger partial charge in [0.15, 0.2) is 0 Å². The molecule has 0 saturated carbocycles. The van der Waals surface area contributed by atoms with Gasteiger partial charge in [-0.05, 0) is 35.7 Å². The van der Waals surface area contributed by atoms with Gasteiger partial charge in [0, 0.05) is 5.56 Å². The summed E-state index contributed by atoms with van der Waals surface area (Å²) in [5, 5.41) is 0.463. The van der Waals surface area contributed by atoms with Crippen LogP contribution in [0, 0.1) is 0 Å². The molecule has 0 aliphatic rings. The molecule has 0 spiro atoms. The van der Waals surface area contributed by atoms with E-state index in [-0.39, 0.29) is 11.5 Å². The zero-order valence-corrected chi connectivity index (χ0v) is 13.0. The van der Waals surface area contributed by atoms with Crippen LogP contribution < -0.4 is 11.0 Å². The molecule has 0 radical (unpaired) electrons. The highest BCUT2D eigenvalue weighted by atomic mass is 16.2. The minimum Gasteiger partial charge on any atom is -0.267 e. The Hall–Kier alpha value is -2.95. The largest absolute Gasteiger partial charge is 0.280 e. The fourth-order valence-corrected chi connectivity index (χ4v) is 2.34. The van der Waals surface area contributed by atoms with Crippen molar-refractivity contribution in [1.29, 1.82) is 0 Å². The molecular weight excluding hydrogens is 290 g/mol. The van der Waals surface area contributed by atoms with Gasteiger partial charge in [0.25, 0.3) is 11.5 Å². The Bertz CT molecular complexity index is 911. The SMILES string of the molecule is CC(C)c1ccc(C(=O)Nn2cnc3ccccc3c2=O)cc1. The number of carbonyl (C=O) groups is 1. The first-order valence-electron chi connectivity index (χ1n) is 7.44. The Morgan fingerprint density at radius 1 is 1.09 bits per heavy atom. The van der Waals surface area contributed by atoms with Gasteiger partial charge in [0.1, 0.15) is 6.33 Å². The highest BCUT2D eigenvalue weighted by Gasteiger charge is 2.09. The molecule has 1 heterocycles. The van der Waals surface area contributed by atoms with E-state index in [9.17, 15) is 9.59 Å². The van der Waals surface area contributed by atoms with Gasteiger partial charge in [-0.25, -0.2) is 9.66 Å². The van der Waals surface area contributed by atoms with Gasteiger partial charge < -0.3 is 0 Å². The summed E-state index contributed by atoms with van der Waals surface area (Å²) in [6.07, 6.45) is 1.32. The molecule has 116 valence electrons. The van der Waals surface area contributed by atoms with Gasteiger partial charge in [0.05, 0.1) is 10.9 Å². The molecule has 0 fully saturated rings. The maximum absolute atomic E-state index is 12.3. The lowest BCUT2D eigenvalue weighted by atomic mass is 10.0. The number of amides is 1. The molecule has 3 aromatic rings. The van der Waals surface area contributed by atoms with Crippen molar-refractivity contribution in [3.8, 4) is 0 Å². The van der Waals surface area contributed by atoms with E-state index in [0.717, 1.165) is 10.2 Å². The molecule has 23 heavy (non-hydrogen) atoms. The number of hydrogen-bond donors (Lipinski definition) is 1. The molecule has 1 amide bonds. The molecule has 0 bridgehead atoms. The van der Waals surface area contributed by atoms with Gasteiger partial charge >= 0.3 is 0 Å². The van der Waals surface area contributed by atoms with Crippen molar-refractivity contribution < 1.29 is 4.79 Å². The fraction of sp³-hybridized carbons (Fsp3) is 0.167. The second-order valence-corrected chi connectivity index (χ2v) is 5.65. The molecule has 0 saturated heterocycles. The molecule has 0 aliphatic heterocycles. The van der Waals surface area contributed by atoms with Crippen LogP contribution in [0.15, 0.2) is 59.7 Å². The summed E-state index contributed by atoms with van der Waals surface area (Å²) in [4.78, 5) is 28.8. The van der Waals surface area contributed by atoms with E-state index in [1.165, 1.54) is 6.33 Å². The van der Waals surface area contributed by atoms with Crippen LogP contribution in [0.5, 0.6) is 0 Å². The maximum atomic E-state index is 12.3. The summed E-state index contributed by atoms with van der Waals surface area (Å²) in [7, 11) is 0. The van der Waals surface area contributed by atoms with Gasteiger partial charge in [-0.2, -0.15) is 0 Å². The summed E-state index contributed by atoms with van der Waals surface area (Å²) in [6.45, 7) is 4.19. The van der Waals surface area contributed by atoms with Crippen LogP contribution in [0.2, 0.25) is 0 Å². The Labute approximate surface area is 133 Å². The molecule has 0 aliphatic carbocycles. The minimum absolute atomic E-state index is 0.303. The molecule has 5 nitrogen and oxygen atoms in total. The van der Waals surface area contributed by atoms with E-state index < -0.39 is 0 Å². The van der Waals surface area contributed by atoms with Crippen LogP contribution in [0.25, 0.3) is 10.9 Å². The van der Waals surface area contributed by atoms with Gasteiger partial charge in [0.2, 0.25) is 0 Å². The zero-order chi connectivity index (χ0) is 16.4. The van der Waals surface area contributed by atoms with E-state index in [1.807, 2.05) is 18.2 Å². The highest BCUT2D eigenvalue weighted by Crippen LogP contribution is 2.14. The van der Waals surface area contributed by atoms with Crippen LogP contribution in [-0.4, -0.2) is 15.6 Å². The van der Waals surface area contributed by atoms with Crippen LogP contribution in [0.1, 0.15) is 35.7 Å². The maximum Gasteiger partial charge on any atom is 0.280 e. The average Bonchev–Trinajstić information content (AvgIpc) is 2.57. The number of carbonyl (C=O) groups excluding carboxylic acids is 1. The zero-order valence-electron chi connectivity index (χ0n) is 13.0. The van der Waals surface area contributed by atoms with E-state index >= 15 is 0 Å². The van der Waals surface area contributed by atoms with Crippen LogP contribution in [-0.2, 0) is 0 Å². The predicted octanol–water partition coefficient (Wildman–Crippen LogP) is 2.90. The molecule has 1 N–H and O–H groups in total. The first-order valence-corrected chi connectivity index (χ1v) is 7.44. The highest BCUT2D eigenvalue weighted by molar-refractivity contribution is 6.00. The number of aromatic nitrogens is 2. The Balaban J connectivity index is 1.88. The third-order valence-corrected chi connectivity index (χ3v) is 3.73. The van der Waals surface area contributed by atoms with Crippen LogP contribution in [0.4, 0.5) is 0 Å². The lowest BCUT2D eigenvalue weighted by Gasteiger charge is -2.10. The third-order valence-electron chi connectivity index (χ3n) is 3.73. The van der Waals surface area contributed by atoms with E-state index in [1.54, 1.807) is 30.3 Å². The minimum atomic E-state index is -0.348. The summed E-state index contributed by atoms with van der Waals surface area (Å²) >= 11 is 0. The summed E-state index contributed by atoms with van der Waals surface area (Å²) < 4.78 is 1.11. The Morgan fingerprint density at radius 2 is 1.78 bits per heavy atom. The Kier molecular flexibility index (Phi) is 3.93. The van der Waals surface area contributed by atoms with Crippen molar-refractivity contribution in [1.82, 2.24) is 9.66 Å². The standard InChI is InChI=1S/C18H17N3O2/c1-12(2)13-7-9-14(10-8-13)17(22)20-21-11-19-16-6-4-3-5-15(16)18(21)23/h3-12H,1-2H3,(H,20,22). The lowest BCUT2D eigenvalue weighted by Crippen LogP contribution is -2.33. The number of nitrogens with zero attached hydrogens (tertiary/aromatic N) is 2.